The van der Waals surface area contributed by atoms with Gasteiger partial charge < -0.3 is 9.84 Å². The Balaban J connectivity index is 1.93. The highest BCUT2D eigenvalue weighted by Crippen LogP contribution is 2.35. The summed E-state index contributed by atoms with van der Waals surface area (Å²) in [5.74, 6) is 1.43. The number of aliphatic hydroxyl groups excluding tert-OH is 1. The summed E-state index contributed by atoms with van der Waals surface area (Å²) in [7, 11) is 1.74. The van der Waals surface area contributed by atoms with Crippen molar-refractivity contribution in [1.29, 1.82) is 0 Å². The van der Waals surface area contributed by atoms with Crippen LogP contribution in [0.1, 0.15) is 19.3 Å². The molecule has 0 aliphatic heterocycles. The van der Waals surface area contributed by atoms with Crippen molar-refractivity contribution in [3.63, 3.8) is 0 Å². The van der Waals surface area contributed by atoms with Crippen molar-refractivity contribution in [3.05, 3.63) is 0 Å². The summed E-state index contributed by atoms with van der Waals surface area (Å²) in [4.78, 5) is 0. The van der Waals surface area contributed by atoms with Gasteiger partial charge in [0.05, 0.1) is 0 Å². The van der Waals surface area contributed by atoms with Gasteiger partial charge in [0.1, 0.15) is 0 Å². The van der Waals surface area contributed by atoms with Crippen LogP contribution in [-0.4, -0.2) is 25.4 Å². The molecule has 0 amide bonds. The quantitative estimate of drug-likeness (QED) is 0.639. The molecule has 1 saturated carbocycles. The first-order chi connectivity index (χ1) is 4.86. The molecule has 1 N–H and O–H groups in total. The zero-order chi connectivity index (χ0) is 7.40. The molecule has 0 aromatic carbocycles. The van der Waals surface area contributed by atoms with Gasteiger partial charge in [-0.1, -0.05) is 0 Å². The summed E-state index contributed by atoms with van der Waals surface area (Å²) in [6, 6.07) is 0. The van der Waals surface area contributed by atoms with Crippen LogP contribution in [0.4, 0.5) is 0 Å². The predicted octanol–water partition coefficient (Wildman–Crippen LogP) is 1.04. The summed E-state index contributed by atoms with van der Waals surface area (Å²) < 4.78 is 4.95. The van der Waals surface area contributed by atoms with Gasteiger partial charge >= 0.3 is 0 Å². The Morgan fingerprint density at radius 2 is 2.10 bits per heavy atom. The number of rotatable bonds is 4. The summed E-state index contributed by atoms with van der Waals surface area (Å²) in [6.45, 7) is 1.26. The molecule has 0 radical (unpaired) electrons. The Labute approximate surface area is 62.2 Å². The van der Waals surface area contributed by atoms with E-state index in [9.17, 15) is 0 Å². The second-order valence-electron chi connectivity index (χ2n) is 3.17. The minimum atomic E-state index is 0.378. The topological polar surface area (TPSA) is 29.5 Å². The van der Waals surface area contributed by atoms with Crippen molar-refractivity contribution >= 4 is 0 Å². The van der Waals surface area contributed by atoms with Crippen molar-refractivity contribution in [2.45, 2.75) is 19.3 Å². The van der Waals surface area contributed by atoms with Crippen molar-refractivity contribution in [1.82, 2.24) is 0 Å². The van der Waals surface area contributed by atoms with E-state index in [1.165, 1.54) is 19.3 Å². The van der Waals surface area contributed by atoms with Gasteiger partial charge in [-0.05, 0) is 31.1 Å². The Kier molecular flexibility index (Phi) is 3.16. The molecule has 1 fully saturated rings. The van der Waals surface area contributed by atoms with E-state index >= 15 is 0 Å². The number of hydrogen-bond acceptors (Lipinski definition) is 2. The molecule has 0 bridgehead atoms. The molecular weight excluding hydrogens is 128 g/mol. The van der Waals surface area contributed by atoms with Gasteiger partial charge in [0.25, 0.3) is 0 Å². The van der Waals surface area contributed by atoms with Gasteiger partial charge in [-0.3, -0.25) is 0 Å². The summed E-state index contributed by atoms with van der Waals surface area (Å²) in [5.41, 5.74) is 0. The lowest BCUT2D eigenvalue weighted by molar-refractivity contribution is 0.0787. The second-order valence-corrected chi connectivity index (χ2v) is 3.17. The molecule has 2 nitrogen and oxygen atoms in total. The third-order valence-electron chi connectivity index (χ3n) is 2.32. The smallest absolute Gasteiger partial charge is 0.0464 e. The molecule has 1 aliphatic carbocycles. The SMILES string of the molecule is COCCC1CC(CO)C1. The molecule has 2 heteroatoms. The van der Waals surface area contributed by atoms with Crippen LogP contribution in [0.15, 0.2) is 0 Å². The molecule has 1 aliphatic rings. The second kappa shape index (κ2) is 3.94. The molecule has 1 rings (SSSR count). The maximum atomic E-state index is 8.70. The lowest BCUT2D eigenvalue weighted by Crippen LogP contribution is -2.27. The van der Waals surface area contributed by atoms with E-state index in [1.807, 2.05) is 0 Å². The van der Waals surface area contributed by atoms with Crippen LogP contribution < -0.4 is 0 Å². The van der Waals surface area contributed by atoms with Crippen molar-refractivity contribution in [2.24, 2.45) is 11.8 Å². The van der Waals surface area contributed by atoms with Crippen LogP contribution in [0.25, 0.3) is 0 Å². The first-order valence-electron chi connectivity index (χ1n) is 3.96. The van der Waals surface area contributed by atoms with Crippen LogP contribution in [0, 0.1) is 11.8 Å². The third kappa shape index (κ3) is 1.96. The van der Waals surface area contributed by atoms with E-state index in [0.717, 1.165) is 12.5 Å². The third-order valence-corrected chi connectivity index (χ3v) is 2.32. The lowest BCUT2D eigenvalue weighted by atomic mass is 9.74. The van der Waals surface area contributed by atoms with Crippen LogP contribution >= 0.6 is 0 Å². The zero-order valence-corrected chi connectivity index (χ0v) is 6.55. The summed E-state index contributed by atoms with van der Waals surface area (Å²) in [5, 5.41) is 8.70. The fraction of sp³-hybridized carbons (Fsp3) is 1.00. The van der Waals surface area contributed by atoms with Crippen LogP contribution in [-0.2, 0) is 4.74 Å². The van der Waals surface area contributed by atoms with E-state index in [1.54, 1.807) is 7.11 Å². The average molecular weight is 144 g/mol. The summed E-state index contributed by atoms with van der Waals surface area (Å²) in [6.07, 6.45) is 3.59. The average Bonchev–Trinajstić information content (AvgIpc) is 1.86. The van der Waals surface area contributed by atoms with E-state index in [2.05, 4.69) is 0 Å². The molecule has 0 unspecified atom stereocenters. The van der Waals surface area contributed by atoms with Gasteiger partial charge in [0, 0.05) is 20.3 Å². The number of methoxy groups -OCH3 is 1. The van der Waals surface area contributed by atoms with Gasteiger partial charge in [-0.2, -0.15) is 0 Å². The van der Waals surface area contributed by atoms with Gasteiger partial charge in [0.2, 0.25) is 0 Å². The van der Waals surface area contributed by atoms with E-state index in [0.29, 0.717) is 12.5 Å². The number of ether oxygens (including phenoxy) is 1. The number of aliphatic hydroxyl groups is 1. The van der Waals surface area contributed by atoms with Crippen molar-refractivity contribution in [3.8, 4) is 0 Å². The van der Waals surface area contributed by atoms with E-state index in [-0.39, 0.29) is 0 Å². The standard InChI is InChI=1S/C8H16O2/c1-10-3-2-7-4-8(5-7)6-9/h7-9H,2-6H2,1H3. The van der Waals surface area contributed by atoms with Crippen LogP contribution in [0.5, 0.6) is 0 Å². The van der Waals surface area contributed by atoms with E-state index in [4.69, 9.17) is 9.84 Å². The molecule has 0 spiro atoms. The summed E-state index contributed by atoms with van der Waals surface area (Å²) >= 11 is 0. The molecule has 0 atom stereocenters. The van der Waals surface area contributed by atoms with Crippen LogP contribution in [0.3, 0.4) is 0 Å². The van der Waals surface area contributed by atoms with Crippen molar-refractivity contribution in [2.75, 3.05) is 20.3 Å². The largest absolute Gasteiger partial charge is 0.396 e. The van der Waals surface area contributed by atoms with Gasteiger partial charge in [0.15, 0.2) is 0 Å². The maximum Gasteiger partial charge on any atom is 0.0464 e. The highest BCUT2D eigenvalue weighted by Gasteiger charge is 2.27. The number of hydrogen-bond donors (Lipinski definition) is 1. The lowest BCUT2D eigenvalue weighted by Gasteiger charge is -2.33. The Morgan fingerprint density at radius 3 is 2.60 bits per heavy atom. The molecule has 10 heavy (non-hydrogen) atoms. The fourth-order valence-corrected chi connectivity index (χ4v) is 1.54. The molecule has 0 saturated heterocycles. The first-order valence-corrected chi connectivity index (χ1v) is 3.96. The maximum absolute atomic E-state index is 8.70. The first kappa shape index (κ1) is 8.02. The van der Waals surface area contributed by atoms with Crippen molar-refractivity contribution < 1.29 is 9.84 Å². The molecule has 0 heterocycles. The molecule has 60 valence electrons. The predicted molar refractivity (Wildman–Crippen MR) is 39.8 cm³/mol. The highest BCUT2D eigenvalue weighted by atomic mass is 16.5. The van der Waals surface area contributed by atoms with Gasteiger partial charge in [-0.25, -0.2) is 0 Å². The minimum Gasteiger partial charge on any atom is -0.396 e. The van der Waals surface area contributed by atoms with Crippen LogP contribution in [0.2, 0.25) is 0 Å². The Bertz CT molecular complexity index is 84.5. The Morgan fingerprint density at radius 1 is 1.40 bits per heavy atom. The monoisotopic (exact) mass is 144 g/mol. The normalized spacial score (nSPS) is 31.8. The molecule has 0 aromatic heterocycles. The van der Waals surface area contributed by atoms with Gasteiger partial charge in [-0.15, -0.1) is 0 Å². The minimum absolute atomic E-state index is 0.378. The molecule has 0 aromatic rings. The van der Waals surface area contributed by atoms with E-state index < -0.39 is 0 Å². The fourth-order valence-electron chi connectivity index (χ4n) is 1.54. The highest BCUT2D eigenvalue weighted by molar-refractivity contribution is 4.78. The molecular formula is C8H16O2. The Hall–Kier alpha value is -0.0800. The zero-order valence-electron chi connectivity index (χ0n) is 6.55.